The van der Waals surface area contributed by atoms with E-state index < -0.39 is 0 Å². The Labute approximate surface area is 112 Å². The number of halogens is 2. The zero-order valence-corrected chi connectivity index (χ0v) is 10.9. The van der Waals surface area contributed by atoms with Crippen LogP contribution in [-0.4, -0.2) is 10.9 Å². The highest BCUT2D eigenvalue weighted by molar-refractivity contribution is 7.13. The molecule has 0 radical (unpaired) electrons. The van der Waals surface area contributed by atoms with Crippen LogP contribution in [0.4, 0.5) is 5.13 Å². The zero-order chi connectivity index (χ0) is 12.3. The molecule has 1 aromatic heterocycles. The van der Waals surface area contributed by atoms with Crippen LogP contribution >= 0.6 is 34.5 Å². The van der Waals surface area contributed by atoms with Gasteiger partial charge < -0.3 is 5.32 Å². The fourth-order valence-corrected chi connectivity index (χ4v) is 2.39. The second-order valence-electron chi connectivity index (χ2n) is 3.26. The zero-order valence-electron chi connectivity index (χ0n) is 8.61. The van der Waals surface area contributed by atoms with E-state index in [2.05, 4.69) is 10.3 Å². The van der Waals surface area contributed by atoms with Crippen molar-refractivity contribution >= 4 is 45.6 Å². The van der Waals surface area contributed by atoms with Crippen molar-refractivity contribution in [3.8, 4) is 0 Å². The highest BCUT2D eigenvalue weighted by Crippen LogP contribution is 2.25. The molecule has 0 aliphatic heterocycles. The Balaban J connectivity index is 2.08. The molecule has 3 nitrogen and oxygen atoms in total. The van der Waals surface area contributed by atoms with Crippen molar-refractivity contribution in [2.75, 3.05) is 5.32 Å². The van der Waals surface area contributed by atoms with E-state index in [9.17, 15) is 4.79 Å². The van der Waals surface area contributed by atoms with Gasteiger partial charge in [0.15, 0.2) is 5.13 Å². The maximum atomic E-state index is 11.7. The number of rotatable bonds is 3. The molecular weight excluding hydrogens is 279 g/mol. The Morgan fingerprint density at radius 1 is 1.35 bits per heavy atom. The number of hydrogen-bond donors (Lipinski definition) is 1. The molecule has 17 heavy (non-hydrogen) atoms. The van der Waals surface area contributed by atoms with E-state index in [1.54, 1.807) is 29.8 Å². The van der Waals surface area contributed by atoms with E-state index >= 15 is 0 Å². The van der Waals surface area contributed by atoms with Gasteiger partial charge in [-0.1, -0.05) is 29.3 Å². The van der Waals surface area contributed by atoms with Crippen molar-refractivity contribution in [2.24, 2.45) is 0 Å². The minimum atomic E-state index is -0.185. The summed E-state index contributed by atoms with van der Waals surface area (Å²) in [5.74, 6) is -0.185. The lowest BCUT2D eigenvalue weighted by molar-refractivity contribution is -0.115. The van der Waals surface area contributed by atoms with Gasteiger partial charge in [0, 0.05) is 21.6 Å². The van der Waals surface area contributed by atoms with E-state index in [1.807, 2.05) is 0 Å². The van der Waals surface area contributed by atoms with E-state index in [0.29, 0.717) is 20.7 Å². The van der Waals surface area contributed by atoms with E-state index in [1.165, 1.54) is 11.3 Å². The molecule has 88 valence electrons. The average Bonchev–Trinajstić information content (AvgIpc) is 2.76. The van der Waals surface area contributed by atoms with Crippen LogP contribution in [0.15, 0.2) is 29.8 Å². The van der Waals surface area contributed by atoms with Gasteiger partial charge >= 0.3 is 0 Å². The Hall–Kier alpha value is -1.10. The summed E-state index contributed by atoms with van der Waals surface area (Å²) in [5, 5.41) is 6.02. The quantitative estimate of drug-likeness (QED) is 0.936. The first-order chi connectivity index (χ1) is 8.16. The van der Waals surface area contributed by atoms with Crippen LogP contribution < -0.4 is 5.32 Å². The number of aromatic nitrogens is 1. The van der Waals surface area contributed by atoms with Crippen LogP contribution in [0.2, 0.25) is 10.0 Å². The molecule has 1 amide bonds. The number of anilines is 1. The Bertz CT molecular complexity index is 508. The average molecular weight is 287 g/mol. The summed E-state index contributed by atoms with van der Waals surface area (Å²) in [7, 11) is 0. The summed E-state index contributed by atoms with van der Waals surface area (Å²) >= 11 is 13.3. The van der Waals surface area contributed by atoms with Gasteiger partial charge in [0.2, 0.25) is 5.91 Å². The first kappa shape index (κ1) is 12.4. The van der Waals surface area contributed by atoms with Crippen molar-refractivity contribution < 1.29 is 4.79 Å². The molecule has 0 aliphatic carbocycles. The van der Waals surface area contributed by atoms with Gasteiger partial charge in [0.25, 0.3) is 0 Å². The second-order valence-corrected chi connectivity index (χ2v) is 4.97. The summed E-state index contributed by atoms with van der Waals surface area (Å²) in [6, 6.07) is 5.16. The monoisotopic (exact) mass is 286 g/mol. The van der Waals surface area contributed by atoms with Gasteiger partial charge in [-0.3, -0.25) is 4.79 Å². The van der Waals surface area contributed by atoms with Crippen molar-refractivity contribution in [3.05, 3.63) is 45.4 Å². The molecule has 0 fully saturated rings. The van der Waals surface area contributed by atoms with Crippen LogP contribution in [0.25, 0.3) is 0 Å². The van der Waals surface area contributed by atoms with Gasteiger partial charge in [0.05, 0.1) is 6.42 Å². The lowest BCUT2D eigenvalue weighted by Gasteiger charge is -2.06. The number of carbonyl (C=O) groups excluding carboxylic acids is 1. The minimum Gasteiger partial charge on any atom is -0.302 e. The van der Waals surface area contributed by atoms with Gasteiger partial charge in [0.1, 0.15) is 0 Å². The fourth-order valence-electron chi connectivity index (χ4n) is 1.31. The Morgan fingerprint density at radius 2 is 2.06 bits per heavy atom. The molecule has 0 aliphatic rings. The summed E-state index contributed by atoms with van der Waals surface area (Å²) in [4.78, 5) is 15.7. The third-order valence-electron chi connectivity index (χ3n) is 2.08. The number of thiazole rings is 1. The van der Waals surface area contributed by atoms with Crippen LogP contribution in [0.5, 0.6) is 0 Å². The molecule has 0 unspecified atom stereocenters. The molecular formula is C11H8Cl2N2OS. The Kier molecular flexibility index (Phi) is 3.99. The van der Waals surface area contributed by atoms with Crippen LogP contribution in [-0.2, 0) is 11.2 Å². The Morgan fingerprint density at radius 3 is 2.65 bits per heavy atom. The first-order valence-corrected chi connectivity index (χ1v) is 6.42. The first-order valence-electron chi connectivity index (χ1n) is 4.79. The molecule has 1 N–H and O–H groups in total. The van der Waals surface area contributed by atoms with E-state index in [4.69, 9.17) is 23.2 Å². The van der Waals surface area contributed by atoms with Crippen molar-refractivity contribution in [1.82, 2.24) is 4.98 Å². The predicted octanol–water partition coefficient (Wildman–Crippen LogP) is 3.63. The summed E-state index contributed by atoms with van der Waals surface area (Å²) in [6.45, 7) is 0. The SMILES string of the molecule is O=C(Cc1c(Cl)cccc1Cl)Nc1nccs1. The summed E-state index contributed by atoms with van der Waals surface area (Å²) < 4.78 is 0. The van der Waals surface area contributed by atoms with Crippen molar-refractivity contribution in [3.63, 3.8) is 0 Å². The molecule has 1 heterocycles. The number of hydrogen-bond acceptors (Lipinski definition) is 3. The minimum absolute atomic E-state index is 0.137. The normalized spacial score (nSPS) is 10.2. The fraction of sp³-hybridized carbons (Fsp3) is 0.0909. The highest BCUT2D eigenvalue weighted by Gasteiger charge is 2.11. The standard InChI is InChI=1S/C11H8Cl2N2OS/c12-8-2-1-3-9(13)7(8)6-10(16)15-11-14-4-5-17-11/h1-5H,6H2,(H,14,15,16). The molecule has 0 spiro atoms. The molecule has 0 atom stereocenters. The second kappa shape index (κ2) is 5.49. The van der Waals surface area contributed by atoms with E-state index in [-0.39, 0.29) is 12.3 Å². The molecule has 0 saturated heterocycles. The largest absolute Gasteiger partial charge is 0.302 e. The topological polar surface area (TPSA) is 42.0 Å². The van der Waals surface area contributed by atoms with E-state index in [0.717, 1.165) is 0 Å². The predicted molar refractivity (Wildman–Crippen MR) is 70.9 cm³/mol. The van der Waals surface area contributed by atoms with Crippen LogP contribution in [0.1, 0.15) is 5.56 Å². The molecule has 6 heteroatoms. The smallest absolute Gasteiger partial charge is 0.230 e. The third kappa shape index (κ3) is 3.19. The number of amides is 1. The molecule has 2 aromatic rings. The van der Waals surface area contributed by atoms with Gasteiger partial charge in [-0.2, -0.15) is 0 Å². The van der Waals surface area contributed by atoms with Crippen molar-refractivity contribution in [1.29, 1.82) is 0 Å². The van der Waals surface area contributed by atoms with Crippen LogP contribution in [0.3, 0.4) is 0 Å². The summed E-state index contributed by atoms with van der Waals surface area (Å²) in [6.07, 6.45) is 1.76. The maximum Gasteiger partial charge on any atom is 0.230 e. The number of nitrogens with zero attached hydrogens (tertiary/aromatic N) is 1. The van der Waals surface area contributed by atoms with Gasteiger partial charge in [-0.15, -0.1) is 11.3 Å². The number of benzene rings is 1. The van der Waals surface area contributed by atoms with Crippen LogP contribution in [0, 0.1) is 0 Å². The third-order valence-corrected chi connectivity index (χ3v) is 3.47. The van der Waals surface area contributed by atoms with Gasteiger partial charge in [-0.25, -0.2) is 4.98 Å². The van der Waals surface area contributed by atoms with Crippen molar-refractivity contribution in [2.45, 2.75) is 6.42 Å². The molecule has 0 saturated carbocycles. The highest BCUT2D eigenvalue weighted by atomic mass is 35.5. The molecule has 1 aromatic carbocycles. The molecule has 0 bridgehead atoms. The lowest BCUT2D eigenvalue weighted by Crippen LogP contribution is -2.14. The lowest BCUT2D eigenvalue weighted by atomic mass is 10.1. The maximum absolute atomic E-state index is 11.7. The number of carbonyl (C=O) groups is 1. The number of nitrogens with one attached hydrogen (secondary N) is 1. The molecule has 2 rings (SSSR count). The van der Waals surface area contributed by atoms with Gasteiger partial charge in [-0.05, 0) is 17.7 Å². The summed E-state index contributed by atoms with van der Waals surface area (Å²) in [5.41, 5.74) is 0.630.